The van der Waals surface area contributed by atoms with Crippen LogP contribution in [0.4, 0.5) is 0 Å². The Morgan fingerprint density at radius 3 is 2.78 bits per heavy atom. The molecule has 5 nitrogen and oxygen atoms in total. The molecule has 2 aliphatic rings. The summed E-state index contributed by atoms with van der Waals surface area (Å²) >= 11 is 0. The summed E-state index contributed by atoms with van der Waals surface area (Å²) in [5, 5.41) is 7.18. The van der Waals surface area contributed by atoms with Crippen LogP contribution < -0.4 is 10.6 Å². The molecular formula is C17H33N3O2S. The molecule has 0 amide bonds. The molecule has 2 fully saturated rings. The fourth-order valence-electron chi connectivity index (χ4n) is 3.02. The van der Waals surface area contributed by atoms with Gasteiger partial charge in [-0.25, -0.2) is 0 Å². The van der Waals surface area contributed by atoms with Crippen LogP contribution in [0.5, 0.6) is 0 Å². The van der Waals surface area contributed by atoms with Crippen molar-refractivity contribution in [2.24, 2.45) is 10.9 Å². The first-order valence-electron chi connectivity index (χ1n) is 9.22. The van der Waals surface area contributed by atoms with Gasteiger partial charge in [-0.1, -0.05) is 13.3 Å². The van der Waals surface area contributed by atoms with Crippen molar-refractivity contribution in [3.8, 4) is 0 Å². The molecule has 0 aromatic carbocycles. The number of rotatable bonds is 9. The zero-order valence-corrected chi connectivity index (χ0v) is 15.5. The Labute approximate surface area is 143 Å². The molecule has 0 spiro atoms. The Bertz CT molecular complexity index is 399. The number of guanidine groups is 1. The highest BCUT2D eigenvalue weighted by molar-refractivity contribution is 7.85. The molecule has 0 radical (unpaired) electrons. The molecule has 0 aromatic heterocycles. The van der Waals surface area contributed by atoms with Crippen LogP contribution in [0.25, 0.3) is 0 Å². The standard InChI is InChI=1S/C17H33N3O2S/c1-3-18-17(19-10-11-22-13-14-8-9-14)20-15-6-5-7-16(12-15)23(21)4-2/h14-16H,3-13H2,1-2H3,(H2,18,19,20). The van der Waals surface area contributed by atoms with Crippen molar-refractivity contribution in [2.45, 2.75) is 63.7 Å². The van der Waals surface area contributed by atoms with Gasteiger partial charge >= 0.3 is 0 Å². The van der Waals surface area contributed by atoms with Crippen molar-refractivity contribution in [3.05, 3.63) is 0 Å². The van der Waals surface area contributed by atoms with E-state index in [2.05, 4.69) is 22.5 Å². The van der Waals surface area contributed by atoms with Gasteiger partial charge in [0.05, 0.1) is 13.2 Å². The predicted octanol–water partition coefficient (Wildman–Crippen LogP) is 2.05. The average molecular weight is 344 g/mol. The van der Waals surface area contributed by atoms with Crippen LogP contribution in [0, 0.1) is 5.92 Å². The van der Waals surface area contributed by atoms with Crippen LogP contribution in [0.3, 0.4) is 0 Å². The lowest BCUT2D eigenvalue weighted by Crippen LogP contribution is -2.46. The molecule has 2 saturated carbocycles. The molecule has 0 bridgehead atoms. The number of aliphatic imine (C=N–C) groups is 1. The van der Waals surface area contributed by atoms with Gasteiger partial charge in [-0.3, -0.25) is 9.20 Å². The lowest BCUT2D eigenvalue weighted by molar-refractivity contribution is 0.131. The molecule has 0 aromatic rings. The van der Waals surface area contributed by atoms with Gasteiger partial charge in [-0.15, -0.1) is 0 Å². The summed E-state index contributed by atoms with van der Waals surface area (Å²) in [6, 6.07) is 0.384. The zero-order valence-electron chi connectivity index (χ0n) is 14.7. The maximum absolute atomic E-state index is 12.0. The average Bonchev–Trinajstić information content (AvgIpc) is 3.38. The van der Waals surface area contributed by atoms with E-state index in [0.717, 1.165) is 56.5 Å². The van der Waals surface area contributed by atoms with Gasteiger partial charge in [0.25, 0.3) is 0 Å². The number of nitrogens with one attached hydrogen (secondary N) is 2. The third-order valence-electron chi connectivity index (χ3n) is 4.52. The molecule has 0 saturated heterocycles. The van der Waals surface area contributed by atoms with Gasteiger partial charge in [0, 0.05) is 41.0 Å². The topological polar surface area (TPSA) is 62.7 Å². The van der Waals surface area contributed by atoms with E-state index < -0.39 is 10.8 Å². The lowest BCUT2D eigenvalue weighted by Gasteiger charge is -2.30. The summed E-state index contributed by atoms with van der Waals surface area (Å²) in [6.45, 7) is 7.23. The van der Waals surface area contributed by atoms with Gasteiger partial charge in [0.1, 0.15) is 0 Å². The highest BCUT2D eigenvalue weighted by atomic mass is 32.2. The number of nitrogens with zero attached hydrogens (tertiary/aromatic N) is 1. The molecule has 23 heavy (non-hydrogen) atoms. The summed E-state index contributed by atoms with van der Waals surface area (Å²) in [7, 11) is -0.680. The van der Waals surface area contributed by atoms with Crippen molar-refractivity contribution in [3.63, 3.8) is 0 Å². The molecular weight excluding hydrogens is 310 g/mol. The Morgan fingerprint density at radius 2 is 2.09 bits per heavy atom. The molecule has 3 unspecified atom stereocenters. The first kappa shape index (κ1) is 18.7. The summed E-state index contributed by atoms with van der Waals surface area (Å²) in [6.07, 6.45) is 7.03. The van der Waals surface area contributed by atoms with Gasteiger partial charge in [0.2, 0.25) is 0 Å². The van der Waals surface area contributed by atoms with Crippen LogP contribution in [-0.4, -0.2) is 53.5 Å². The SMILES string of the molecule is CCNC(=NCCOCC1CC1)NC1CCCC(S(=O)CC)C1. The van der Waals surface area contributed by atoms with Crippen molar-refractivity contribution >= 4 is 16.8 Å². The summed E-state index contributed by atoms with van der Waals surface area (Å²) in [5.41, 5.74) is 0. The highest BCUT2D eigenvalue weighted by Gasteiger charge is 2.26. The fourth-order valence-corrected chi connectivity index (χ4v) is 4.37. The highest BCUT2D eigenvalue weighted by Crippen LogP contribution is 2.28. The first-order valence-corrected chi connectivity index (χ1v) is 10.6. The number of hydrogen-bond donors (Lipinski definition) is 2. The van der Waals surface area contributed by atoms with E-state index in [-0.39, 0.29) is 0 Å². The van der Waals surface area contributed by atoms with Gasteiger partial charge in [0.15, 0.2) is 5.96 Å². The minimum Gasteiger partial charge on any atom is -0.379 e. The molecule has 2 aliphatic carbocycles. The summed E-state index contributed by atoms with van der Waals surface area (Å²) < 4.78 is 17.7. The Kier molecular flexibility index (Phi) is 8.37. The predicted molar refractivity (Wildman–Crippen MR) is 97.4 cm³/mol. The van der Waals surface area contributed by atoms with Crippen molar-refractivity contribution in [1.29, 1.82) is 0 Å². The fraction of sp³-hybridized carbons (Fsp3) is 0.941. The first-order chi connectivity index (χ1) is 11.2. The molecule has 134 valence electrons. The number of hydrogen-bond acceptors (Lipinski definition) is 3. The van der Waals surface area contributed by atoms with E-state index in [1.807, 2.05) is 6.92 Å². The van der Waals surface area contributed by atoms with Gasteiger partial charge < -0.3 is 15.4 Å². The minimum absolute atomic E-state index is 0.344. The van der Waals surface area contributed by atoms with Crippen LogP contribution >= 0.6 is 0 Å². The Hall–Kier alpha value is -0.620. The van der Waals surface area contributed by atoms with Crippen LogP contribution in [-0.2, 0) is 15.5 Å². The molecule has 0 aliphatic heterocycles. The monoisotopic (exact) mass is 343 g/mol. The van der Waals surface area contributed by atoms with Gasteiger partial charge in [-0.05, 0) is 44.9 Å². The van der Waals surface area contributed by atoms with E-state index in [0.29, 0.717) is 24.4 Å². The molecule has 2 rings (SSSR count). The maximum Gasteiger partial charge on any atom is 0.191 e. The normalized spacial score (nSPS) is 26.8. The second-order valence-corrected chi connectivity index (χ2v) is 8.58. The third kappa shape index (κ3) is 7.21. The van der Waals surface area contributed by atoms with E-state index >= 15 is 0 Å². The van der Waals surface area contributed by atoms with Crippen molar-refractivity contribution < 1.29 is 8.95 Å². The van der Waals surface area contributed by atoms with E-state index in [1.54, 1.807) is 0 Å². The lowest BCUT2D eigenvalue weighted by atomic mass is 9.95. The van der Waals surface area contributed by atoms with Crippen LogP contribution in [0.1, 0.15) is 52.4 Å². The molecule has 6 heteroatoms. The molecule has 0 heterocycles. The largest absolute Gasteiger partial charge is 0.379 e. The van der Waals surface area contributed by atoms with Crippen LogP contribution in [0.2, 0.25) is 0 Å². The quantitative estimate of drug-likeness (QED) is 0.382. The second kappa shape index (κ2) is 10.3. The van der Waals surface area contributed by atoms with Crippen LogP contribution in [0.15, 0.2) is 4.99 Å². The summed E-state index contributed by atoms with van der Waals surface area (Å²) in [5.74, 6) is 2.45. The van der Waals surface area contributed by atoms with Crippen molar-refractivity contribution in [1.82, 2.24) is 10.6 Å². The second-order valence-electron chi connectivity index (χ2n) is 6.58. The molecule has 3 atom stereocenters. The maximum atomic E-state index is 12.0. The molecule has 2 N–H and O–H groups in total. The van der Waals surface area contributed by atoms with E-state index in [9.17, 15) is 4.21 Å². The van der Waals surface area contributed by atoms with E-state index in [4.69, 9.17) is 4.74 Å². The Morgan fingerprint density at radius 1 is 1.26 bits per heavy atom. The van der Waals surface area contributed by atoms with E-state index in [1.165, 1.54) is 12.8 Å². The Balaban J connectivity index is 1.73. The minimum atomic E-state index is -0.680. The summed E-state index contributed by atoms with van der Waals surface area (Å²) in [4.78, 5) is 4.61. The van der Waals surface area contributed by atoms with Gasteiger partial charge in [-0.2, -0.15) is 0 Å². The zero-order chi connectivity index (χ0) is 16.5. The number of ether oxygens (including phenoxy) is 1. The third-order valence-corrected chi connectivity index (χ3v) is 6.26. The smallest absolute Gasteiger partial charge is 0.191 e. The van der Waals surface area contributed by atoms with Crippen molar-refractivity contribution in [2.75, 3.05) is 32.1 Å².